The highest BCUT2D eigenvalue weighted by Gasteiger charge is 2.02. The predicted octanol–water partition coefficient (Wildman–Crippen LogP) is 1.75. The van der Waals surface area contributed by atoms with Gasteiger partial charge in [-0.25, -0.2) is 4.98 Å². The number of nitrogens with zero attached hydrogens (tertiary/aromatic N) is 1. The maximum Gasteiger partial charge on any atom is 0.233 e. The maximum absolute atomic E-state index is 11.5. The van der Waals surface area contributed by atoms with Gasteiger partial charge in [-0.3, -0.25) is 4.79 Å². The number of hydrogen-bond donors (Lipinski definition) is 2. The number of nitrogens with one attached hydrogen (secondary N) is 2. The van der Waals surface area contributed by atoms with Gasteiger partial charge in [0.1, 0.15) is 0 Å². The Hall–Kier alpha value is -0.940. The molecule has 4 nitrogen and oxygen atoms in total. The maximum atomic E-state index is 11.5. The van der Waals surface area contributed by atoms with E-state index in [1.54, 1.807) is 11.3 Å². The minimum absolute atomic E-state index is 0.0742. The molecule has 1 heterocycles. The molecule has 0 fully saturated rings. The van der Waals surface area contributed by atoms with Crippen LogP contribution in [0.1, 0.15) is 31.0 Å². The normalized spacial score (nSPS) is 10.9. The average Bonchev–Trinajstić information content (AvgIpc) is 2.70. The van der Waals surface area contributed by atoms with Gasteiger partial charge < -0.3 is 10.6 Å². The van der Waals surface area contributed by atoms with E-state index < -0.39 is 0 Å². The first-order valence-electron chi connectivity index (χ1n) is 6.46. The topological polar surface area (TPSA) is 54.0 Å². The molecule has 5 heteroatoms. The largest absolute Gasteiger partial charge is 0.355 e. The lowest BCUT2D eigenvalue weighted by Gasteiger charge is -2.07. The summed E-state index contributed by atoms with van der Waals surface area (Å²) in [5.74, 6) is 0.705. The number of carbonyl (C=O) groups is 1. The van der Waals surface area contributed by atoms with Crippen molar-refractivity contribution in [3.63, 3.8) is 0 Å². The van der Waals surface area contributed by atoms with Crippen LogP contribution in [0.25, 0.3) is 0 Å². The Kier molecular flexibility index (Phi) is 6.90. The van der Waals surface area contributed by atoms with Crippen molar-refractivity contribution in [2.24, 2.45) is 5.92 Å². The van der Waals surface area contributed by atoms with Crippen LogP contribution in [0.5, 0.6) is 0 Å². The van der Waals surface area contributed by atoms with Crippen LogP contribution in [0.2, 0.25) is 0 Å². The molecule has 0 aliphatic carbocycles. The van der Waals surface area contributed by atoms with E-state index in [2.05, 4.69) is 34.8 Å². The molecule has 0 aliphatic heterocycles. The predicted molar refractivity (Wildman–Crippen MR) is 75.9 cm³/mol. The summed E-state index contributed by atoms with van der Waals surface area (Å²) in [7, 11) is 0. The molecule has 0 radical (unpaired) electrons. The van der Waals surface area contributed by atoms with E-state index in [-0.39, 0.29) is 5.91 Å². The minimum atomic E-state index is 0.0742. The Morgan fingerprint density at radius 2 is 2.22 bits per heavy atom. The summed E-state index contributed by atoms with van der Waals surface area (Å²) < 4.78 is 0. The quantitative estimate of drug-likeness (QED) is 0.707. The van der Waals surface area contributed by atoms with Crippen LogP contribution in [0.15, 0.2) is 5.38 Å². The molecule has 0 unspecified atom stereocenters. The Morgan fingerprint density at radius 3 is 2.83 bits per heavy atom. The molecule has 0 aliphatic rings. The van der Waals surface area contributed by atoms with Gasteiger partial charge in [-0.05, 0) is 19.3 Å². The first kappa shape index (κ1) is 15.1. The second-order valence-corrected chi connectivity index (χ2v) is 5.88. The van der Waals surface area contributed by atoms with Crippen molar-refractivity contribution >= 4 is 17.2 Å². The third-order valence-corrected chi connectivity index (χ3v) is 3.38. The van der Waals surface area contributed by atoms with E-state index in [4.69, 9.17) is 0 Å². The van der Waals surface area contributed by atoms with Gasteiger partial charge in [-0.1, -0.05) is 13.8 Å². The standard InChI is InChI=1S/C13H23N3OS/c1-10(2)4-7-15-13(17)8-14-6-5-12-9-18-11(3)16-12/h9-10,14H,4-8H2,1-3H3,(H,15,17). The van der Waals surface area contributed by atoms with Gasteiger partial charge in [0, 0.05) is 24.9 Å². The smallest absolute Gasteiger partial charge is 0.233 e. The zero-order chi connectivity index (χ0) is 13.4. The fourth-order valence-corrected chi connectivity index (χ4v) is 2.15. The number of hydrogen-bond acceptors (Lipinski definition) is 4. The molecule has 1 amide bonds. The molecular weight excluding hydrogens is 246 g/mol. The molecule has 1 aromatic heterocycles. The molecule has 102 valence electrons. The molecule has 18 heavy (non-hydrogen) atoms. The zero-order valence-corrected chi connectivity index (χ0v) is 12.3. The Labute approximate surface area is 113 Å². The second kappa shape index (κ2) is 8.21. The van der Waals surface area contributed by atoms with Crippen LogP contribution in [-0.4, -0.2) is 30.5 Å². The van der Waals surface area contributed by atoms with E-state index in [1.807, 2.05) is 6.92 Å². The molecule has 0 bridgehead atoms. The van der Waals surface area contributed by atoms with Crippen molar-refractivity contribution in [3.05, 3.63) is 16.1 Å². The third-order valence-electron chi connectivity index (χ3n) is 2.55. The lowest BCUT2D eigenvalue weighted by atomic mass is 10.1. The highest BCUT2D eigenvalue weighted by molar-refractivity contribution is 7.09. The molecule has 2 N–H and O–H groups in total. The lowest BCUT2D eigenvalue weighted by Crippen LogP contribution is -2.35. The number of aromatic nitrogens is 1. The van der Waals surface area contributed by atoms with Gasteiger partial charge in [0.15, 0.2) is 0 Å². The van der Waals surface area contributed by atoms with Gasteiger partial charge in [0.05, 0.1) is 17.2 Å². The van der Waals surface area contributed by atoms with Crippen LogP contribution in [0.4, 0.5) is 0 Å². The Bertz CT molecular complexity index is 363. The van der Waals surface area contributed by atoms with E-state index in [0.717, 1.165) is 36.6 Å². The van der Waals surface area contributed by atoms with E-state index in [9.17, 15) is 4.79 Å². The van der Waals surface area contributed by atoms with Gasteiger partial charge in [0.25, 0.3) is 0 Å². The van der Waals surface area contributed by atoms with E-state index >= 15 is 0 Å². The van der Waals surface area contributed by atoms with Crippen LogP contribution in [0, 0.1) is 12.8 Å². The number of amides is 1. The summed E-state index contributed by atoms with van der Waals surface area (Å²) in [6.45, 7) is 8.26. The molecule has 0 saturated carbocycles. The monoisotopic (exact) mass is 269 g/mol. The third kappa shape index (κ3) is 6.71. The summed E-state index contributed by atoms with van der Waals surface area (Å²) in [6.07, 6.45) is 1.91. The van der Waals surface area contributed by atoms with Crippen LogP contribution >= 0.6 is 11.3 Å². The second-order valence-electron chi connectivity index (χ2n) is 4.82. The van der Waals surface area contributed by atoms with E-state index in [0.29, 0.717) is 12.5 Å². The minimum Gasteiger partial charge on any atom is -0.355 e. The fraction of sp³-hybridized carbons (Fsp3) is 0.692. The van der Waals surface area contributed by atoms with Crippen LogP contribution in [0.3, 0.4) is 0 Å². The molecule has 0 aromatic carbocycles. The average molecular weight is 269 g/mol. The van der Waals surface area contributed by atoms with Crippen LogP contribution in [-0.2, 0) is 11.2 Å². The lowest BCUT2D eigenvalue weighted by molar-refractivity contribution is -0.120. The Balaban J connectivity index is 2.02. The van der Waals surface area contributed by atoms with Crippen molar-refractivity contribution < 1.29 is 4.79 Å². The van der Waals surface area contributed by atoms with E-state index in [1.165, 1.54) is 0 Å². The van der Waals surface area contributed by atoms with Crippen LogP contribution < -0.4 is 10.6 Å². The summed E-state index contributed by atoms with van der Waals surface area (Å²) in [6, 6.07) is 0. The number of thiazole rings is 1. The molecule has 1 aromatic rings. The number of carbonyl (C=O) groups excluding carboxylic acids is 1. The molecule has 0 saturated heterocycles. The van der Waals surface area contributed by atoms with Gasteiger partial charge in [-0.2, -0.15) is 0 Å². The van der Waals surface area contributed by atoms with Crippen molar-refractivity contribution in [3.8, 4) is 0 Å². The molecule has 1 rings (SSSR count). The highest BCUT2D eigenvalue weighted by Crippen LogP contribution is 2.07. The van der Waals surface area contributed by atoms with Gasteiger partial charge in [0.2, 0.25) is 5.91 Å². The summed E-state index contributed by atoms with van der Waals surface area (Å²) in [4.78, 5) is 15.8. The zero-order valence-electron chi connectivity index (χ0n) is 11.5. The SMILES string of the molecule is Cc1nc(CCNCC(=O)NCCC(C)C)cs1. The molecular formula is C13H23N3OS. The number of rotatable bonds is 8. The molecule has 0 spiro atoms. The summed E-state index contributed by atoms with van der Waals surface area (Å²) >= 11 is 1.66. The fourth-order valence-electron chi connectivity index (χ4n) is 1.50. The van der Waals surface area contributed by atoms with Crippen molar-refractivity contribution in [1.29, 1.82) is 0 Å². The van der Waals surface area contributed by atoms with Crippen molar-refractivity contribution in [2.75, 3.05) is 19.6 Å². The van der Waals surface area contributed by atoms with Crippen molar-refractivity contribution in [1.82, 2.24) is 15.6 Å². The first-order valence-corrected chi connectivity index (χ1v) is 7.34. The molecule has 0 atom stereocenters. The first-order chi connectivity index (χ1) is 8.58. The highest BCUT2D eigenvalue weighted by atomic mass is 32.1. The van der Waals surface area contributed by atoms with Gasteiger partial charge >= 0.3 is 0 Å². The Morgan fingerprint density at radius 1 is 1.44 bits per heavy atom. The summed E-state index contributed by atoms with van der Waals surface area (Å²) in [5.41, 5.74) is 1.10. The van der Waals surface area contributed by atoms with Crippen molar-refractivity contribution in [2.45, 2.75) is 33.6 Å². The summed E-state index contributed by atoms with van der Waals surface area (Å²) in [5, 5.41) is 9.20. The van der Waals surface area contributed by atoms with Gasteiger partial charge in [-0.15, -0.1) is 11.3 Å². The number of aryl methyl sites for hydroxylation is 1.